The van der Waals surface area contributed by atoms with Gasteiger partial charge in [0.2, 0.25) is 0 Å². The molecule has 0 saturated carbocycles. The molecule has 2 heterocycles. The number of benzene rings is 1. The molecule has 122 valence electrons. The molecular weight excluding hydrogens is 322 g/mol. The highest BCUT2D eigenvalue weighted by molar-refractivity contribution is 7.98. The van der Waals surface area contributed by atoms with Crippen LogP contribution < -0.4 is 4.90 Å². The van der Waals surface area contributed by atoms with E-state index < -0.39 is 0 Å². The van der Waals surface area contributed by atoms with Crippen LogP contribution in [0, 0.1) is 6.92 Å². The van der Waals surface area contributed by atoms with Crippen molar-refractivity contribution >= 4 is 23.4 Å². The van der Waals surface area contributed by atoms with Gasteiger partial charge in [0.1, 0.15) is 5.03 Å². The van der Waals surface area contributed by atoms with Crippen molar-refractivity contribution in [3.05, 3.63) is 60.0 Å². The monoisotopic (exact) mass is 339 g/mol. The lowest BCUT2D eigenvalue weighted by molar-refractivity contribution is 0.0988. The molecule has 0 spiro atoms. The van der Waals surface area contributed by atoms with Crippen LogP contribution in [0.25, 0.3) is 11.6 Å². The molecule has 0 aliphatic carbocycles. The fraction of sp³-hybridized carbons (Fsp3) is 0.167. The molecule has 2 aromatic heterocycles. The van der Waals surface area contributed by atoms with Gasteiger partial charge in [0.05, 0.1) is 17.5 Å². The van der Waals surface area contributed by atoms with Crippen LogP contribution in [0.5, 0.6) is 0 Å². The average Bonchev–Trinajstić information content (AvgIpc) is 3.15. The fourth-order valence-corrected chi connectivity index (χ4v) is 3.01. The minimum absolute atomic E-state index is 0.131. The highest BCUT2D eigenvalue weighted by Crippen LogP contribution is 2.27. The third kappa shape index (κ3) is 3.05. The summed E-state index contributed by atoms with van der Waals surface area (Å²) >= 11 is 1.42. The van der Waals surface area contributed by atoms with Crippen LogP contribution in [0.1, 0.15) is 16.1 Å². The van der Waals surface area contributed by atoms with Gasteiger partial charge in [-0.25, -0.2) is 9.97 Å². The quantitative estimate of drug-likeness (QED) is 0.530. The molecule has 0 N–H and O–H groups in total. The zero-order chi connectivity index (χ0) is 17.1. The Bertz CT molecular complexity index is 848. The van der Waals surface area contributed by atoms with E-state index >= 15 is 0 Å². The minimum Gasteiger partial charge on any atom is -0.461 e. The van der Waals surface area contributed by atoms with Gasteiger partial charge in [-0.15, -0.1) is 11.8 Å². The van der Waals surface area contributed by atoms with Crippen LogP contribution >= 0.6 is 11.8 Å². The van der Waals surface area contributed by atoms with Crippen LogP contribution in [0.2, 0.25) is 0 Å². The number of aromatic nitrogens is 2. The fourth-order valence-electron chi connectivity index (χ4n) is 2.39. The van der Waals surface area contributed by atoms with E-state index in [9.17, 15) is 4.79 Å². The highest BCUT2D eigenvalue weighted by Gasteiger charge is 2.23. The summed E-state index contributed by atoms with van der Waals surface area (Å²) in [6.45, 7) is 1.82. The summed E-state index contributed by atoms with van der Waals surface area (Å²) in [7, 11) is 1.75. The first-order valence-corrected chi connectivity index (χ1v) is 8.64. The third-order valence-electron chi connectivity index (χ3n) is 3.65. The van der Waals surface area contributed by atoms with Crippen molar-refractivity contribution in [1.29, 1.82) is 0 Å². The summed E-state index contributed by atoms with van der Waals surface area (Å²) in [5.74, 6) is 0.943. The molecule has 6 heteroatoms. The molecule has 0 atom stereocenters. The number of para-hydroxylation sites is 1. The molecule has 24 heavy (non-hydrogen) atoms. The Hall–Kier alpha value is -2.60. The van der Waals surface area contributed by atoms with E-state index in [0.717, 1.165) is 5.69 Å². The number of furan rings is 1. The van der Waals surface area contributed by atoms with E-state index in [1.54, 1.807) is 30.3 Å². The summed E-state index contributed by atoms with van der Waals surface area (Å²) in [6, 6.07) is 13.1. The number of carbonyl (C=O) groups is 1. The first-order valence-electron chi connectivity index (χ1n) is 7.41. The van der Waals surface area contributed by atoms with Gasteiger partial charge in [0.15, 0.2) is 11.6 Å². The van der Waals surface area contributed by atoms with Crippen molar-refractivity contribution in [2.45, 2.75) is 11.9 Å². The second-order valence-electron chi connectivity index (χ2n) is 5.19. The number of anilines is 1. The zero-order valence-corrected chi connectivity index (χ0v) is 14.5. The minimum atomic E-state index is -0.131. The summed E-state index contributed by atoms with van der Waals surface area (Å²) < 4.78 is 5.36. The molecular formula is C18H17N3O2S. The molecule has 0 aliphatic rings. The molecule has 1 aromatic carbocycles. The second kappa shape index (κ2) is 6.88. The van der Waals surface area contributed by atoms with Crippen molar-refractivity contribution < 1.29 is 9.21 Å². The largest absolute Gasteiger partial charge is 0.461 e. The molecule has 0 unspecified atom stereocenters. The van der Waals surface area contributed by atoms with Gasteiger partial charge in [0, 0.05) is 12.7 Å². The number of hydrogen-bond donors (Lipinski definition) is 0. The molecule has 0 fully saturated rings. The van der Waals surface area contributed by atoms with Crippen molar-refractivity contribution in [2.24, 2.45) is 0 Å². The number of thioether (sulfide) groups is 1. The van der Waals surface area contributed by atoms with E-state index in [4.69, 9.17) is 4.42 Å². The normalized spacial score (nSPS) is 10.6. The summed E-state index contributed by atoms with van der Waals surface area (Å²) in [6.07, 6.45) is 3.47. The predicted molar refractivity (Wildman–Crippen MR) is 95.4 cm³/mol. The molecule has 3 rings (SSSR count). The Morgan fingerprint density at radius 3 is 2.50 bits per heavy atom. The smallest absolute Gasteiger partial charge is 0.262 e. The Balaban J connectivity index is 2.03. The lowest BCUT2D eigenvalue weighted by Gasteiger charge is -2.19. The van der Waals surface area contributed by atoms with Crippen LogP contribution in [-0.2, 0) is 0 Å². The SMILES string of the molecule is CSc1nc(-c2ccco2)nc(C)c1C(=O)N(C)c1ccccc1. The van der Waals surface area contributed by atoms with Crippen LogP contribution in [0.4, 0.5) is 5.69 Å². The number of aryl methyl sites for hydroxylation is 1. The molecule has 0 radical (unpaired) electrons. The summed E-state index contributed by atoms with van der Waals surface area (Å²) in [4.78, 5) is 23.5. The number of nitrogens with zero attached hydrogens (tertiary/aromatic N) is 3. The second-order valence-corrected chi connectivity index (χ2v) is 5.99. The van der Waals surface area contributed by atoms with Crippen molar-refractivity contribution in [1.82, 2.24) is 9.97 Å². The number of carbonyl (C=O) groups excluding carboxylic acids is 1. The number of rotatable bonds is 4. The summed E-state index contributed by atoms with van der Waals surface area (Å²) in [5, 5.41) is 0.640. The van der Waals surface area contributed by atoms with Gasteiger partial charge in [-0.1, -0.05) is 18.2 Å². The van der Waals surface area contributed by atoms with Crippen LogP contribution in [-0.4, -0.2) is 29.2 Å². The molecule has 5 nitrogen and oxygen atoms in total. The first-order chi connectivity index (χ1) is 11.6. The van der Waals surface area contributed by atoms with Gasteiger partial charge in [-0.2, -0.15) is 0 Å². The maximum Gasteiger partial charge on any atom is 0.262 e. The van der Waals surface area contributed by atoms with Gasteiger partial charge in [0.25, 0.3) is 5.91 Å². The average molecular weight is 339 g/mol. The molecule has 3 aromatic rings. The Morgan fingerprint density at radius 1 is 1.12 bits per heavy atom. The molecule has 1 amide bonds. The Kier molecular flexibility index (Phi) is 4.66. The zero-order valence-electron chi connectivity index (χ0n) is 13.7. The predicted octanol–water partition coefficient (Wildman–Crippen LogP) is 4.04. The summed E-state index contributed by atoms with van der Waals surface area (Å²) in [5.41, 5.74) is 1.97. The van der Waals surface area contributed by atoms with E-state index in [2.05, 4.69) is 9.97 Å². The highest BCUT2D eigenvalue weighted by atomic mass is 32.2. The molecule has 0 bridgehead atoms. The van der Waals surface area contributed by atoms with Crippen molar-refractivity contribution in [3.63, 3.8) is 0 Å². The van der Waals surface area contributed by atoms with Crippen molar-refractivity contribution in [2.75, 3.05) is 18.2 Å². The van der Waals surface area contributed by atoms with Gasteiger partial charge >= 0.3 is 0 Å². The maximum absolute atomic E-state index is 13.0. The van der Waals surface area contributed by atoms with E-state index in [0.29, 0.717) is 27.9 Å². The van der Waals surface area contributed by atoms with Gasteiger partial charge < -0.3 is 9.32 Å². The van der Waals surface area contributed by atoms with Crippen LogP contribution in [0.15, 0.2) is 58.2 Å². The maximum atomic E-state index is 13.0. The molecule has 0 saturated heterocycles. The number of hydrogen-bond acceptors (Lipinski definition) is 5. The Labute approximate surface area is 144 Å². The van der Waals surface area contributed by atoms with Gasteiger partial charge in [-0.3, -0.25) is 4.79 Å². The lowest BCUT2D eigenvalue weighted by atomic mass is 10.2. The number of amides is 1. The first kappa shape index (κ1) is 16.3. The standard InChI is InChI=1S/C18H17N3O2S/c1-12-15(18(22)21(2)13-8-5-4-6-9-13)17(24-3)20-16(19-12)14-10-7-11-23-14/h4-11H,1-3H3. The topological polar surface area (TPSA) is 59.2 Å². The Morgan fingerprint density at radius 2 is 1.88 bits per heavy atom. The van der Waals surface area contributed by atoms with Gasteiger partial charge in [-0.05, 0) is 37.4 Å². The molecule has 0 aliphatic heterocycles. The lowest BCUT2D eigenvalue weighted by Crippen LogP contribution is -2.28. The van der Waals surface area contributed by atoms with E-state index in [1.165, 1.54) is 11.8 Å². The third-order valence-corrected chi connectivity index (χ3v) is 4.34. The van der Waals surface area contributed by atoms with E-state index in [1.807, 2.05) is 43.5 Å². The van der Waals surface area contributed by atoms with Crippen molar-refractivity contribution in [3.8, 4) is 11.6 Å². The van der Waals surface area contributed by atoms with Crippen LogP contribution in [0.3, 0.4) is 0 Å². The van der Waals surface area contributed by atoms with E-state index in [-0.39, 0.29) is 5.91 Å².